The summed E-state index contributed by atoms with van der Waals surface area (Å²) in [6.45, 7) is 5.11. The van der Waals surface area contributed by atoms with Crippen molar-refractivity contribution in [2.75, 3.05) is 18.9 Å². The van der Waals surface area contributed by atoms with Gasteiger partial charge >= 0.3 is 0 Å². The Kier molecular flexibility index (Phi) is 8.26. The first-order valence-electron chi connectivity index (χ1n) is 13.4. The third-order valence-corrected chi connectivity index (χ3v) is 14.3. The lowest BCUT2D eigenvalue weighted by atomic mass is 9.66. The highest BCUT2D eigenvalue weighted by atomic mass is 31.1. The molecule has 1 saturated carbocycles. The summed E-state index contributed by atoms with van der Waals surface area (Å²) >= 11 is 0. The first kappa shape index (κ1) is 26.3. The average molecular weight is 525 g/mol. The predicted molar refractivity (Wildman–Crippen MR) is 164 cm³/mol. The van der Waals surface area contributed by atoms with Crippen LogP contribution in [0.25, 0.3) is 0 Å². The van der Waals surface area contributed by atoms with Gasteiger partial charge in [-0.3, -0.25) is 0 Å². The molecule has 190 valence electrons. The Morgan fingerprint density at radius 2 is 1.00 bits per heavy atom. The second kappa shape index (κ2) is 11.6. The van der Waals surface area contributed by atoms with Gasteiger partial charge in [-0.15, -0.1) is 0 Å². The molecule has 0 amide bonds. The van der Waals surface area contributed by atoms with Crippen molar-refractivity contribution in [3.8, 4) is 0 Å². The maximum absolute atomic E-state index is 10.8. The van der Waals surface area contributed by atoms with Crippen molar-refractivity contribution < 1.29 is 5.11 Å². The van der Waals surface area contributed by atoms with Crippen molar-refractivity contribution in [2.45, 2.75) is 26.7 Å². The van der Waals surface area contributed by atoms with Crippen LogP contribution in [0.3, 0.4) is 0 Å². The molecule has 1 aliphatic carbocycles. The number of rotatable bonds is 9. The molecule has 0 aromatic heterocycles. The highest BCUT2D eigenvalue weighted by Crippen LogP contribution is 2.62. The summed E-state index contributed by atoms with van der Waals surface area (Å²) in [7, 11) is -1.01. The van der Waals surface area contributed by atoms with E-state index in [2.05, 4.69) is 135 Å². The van der Waals surface area contributed by atoms with E-state index in [1.54, 1.807) is 0 Å². The summed E-state index contributed by atoms with van der Waals surface area (Å²) in [6, 6.07) is 44.4. The van der Waals surface area contributed by atoms with Gasteiger partial charge in [0.25, 0.3) is 0 Å². The third kappa shape index (κ3) is 5.47. The third-order valence-electron chi connectivity index (χ3n) is 8.83. The van der Waals surface area contributed by atoms with Gasteiger partial charge in [-0.25, -0.2) is 0 Å². The van der Waals surface area contributed by atoms with Crippen LogP contribution in [-0.4, -0.2) is 24.0 Å². The van der Waals surface area contributed by atoms with Crippen LogP contribution in [0.4, 0.5) is 0 Å². The Labute approximate surface area is 225 Å². The average Bonchev–Trinajstić information content (AvgIpc) is 3.21. The SMILES string of the molecule is C[C@@]1(CO)CCC(CP(c2ccccc2)c2ccccc2)[C@@]1(C)CP(c1ccccc1)c1ccccc1. The second-order valence-corrected chi connectivity index (χ2v) is 15.4. The normalized spacial score (nSPS) is 23.5. The molecule has 1 N–H and O–H groups in total. The minimum atomic E-state index is -0.539. The molecule has 0 radical (unpaired) electrons. The Balaban J connectivity index is 1.54. The van der Waals surface area contributed by atoms with E-state index in [4.69, 9.17) is 0 Å². The van der Waals surface area contributed by atoms with E-state index < -0.39 is 15.8 Å². The molecule has 37 heavy (non-hydrogen) atoms. The van der Waals surface area contributed by atoms with Gasteiger partial charge in [0, 0.05) is 6.61 Å². The van der Waals surface area contributed by atoms with Crippen LogP contribution in [0.5, 0.6) is 0 Å². The number of hydrogen-bond donors (Lipinski definition) is 1. The molecule has 3 atom stereocenters. The molecule has 4 aromatic rings. The zero-order valence-corrected chi connectivity index (χ0v) is 23.8. The van der Waals surface area contributed by atoms with E-state index in [9.17, 15) is 5.11 Å². The van der Waals surface area contributed by atoms with E-state index in [0.717, 1.165) is 12.6 Å². The monoisotopic (exact) mass is 524 g/mol. The number of aliphatic hydroxyl groups is 1. The highest BCUT2D eigenvalue weighted by Gasteiger charge is 2.55. The van der Waals surface area contributed by atoms with Gasteiger partial charge in [-0.2, -0.15) is 0 Å². The molecule has 0 aliphatic heterocycles. The first-order chi connectivity index (χ1) is 18.0. The quantitative estimate of drug-likeness (QED) is 0.243. The maximum atomic E-state index is 10.8. The fraction of sp³-hybridized carbons (Fsp3) is 0.294. The summed E-state index contributed by atoms with van der Waals surface area (Å²) in [5.74, 6) is 0.550. The van der Waals surface area contributed by atoms with Crippen molar-refractivity contribution in [1.29, 1.82) is 0 Å². The molecular weight excluding hydrogens is 486 g/mol. The van der Waals surface area contributed by atoms with Gasteiger partial charge in [-0.05, 0) is 79.0 Å². The van der Waals surface area contributed by atoms with Gasteiger partial charge in [-0.1, -0.05) is 135 Å². The van der Waals surface area contributed by atoms with Crippen molar-refractivity contribution in [3.63, 3.8) is 0 Å². The van der Waals surface area contributed by atoms with E-state index in [0.29, 0.717) is 5.92 Å². The lowest BCUT2D eigenvalue weighted by molar-refractivity contribution is 0.0338. The summed E-state index contributed by atoms with van der Waals surface area (Å²) in [6.07, 6.45) is 4.54. The smallest absolute Gasteiger partial charge is 0.0490 e. The molecule has 4 aromatic carbocycles. The molecule has 1 aliphatic rings. The maximum Gasteiger partial charge on any atom is 0.0490 e. The Bertz CT molecular complexity index is 1170. The fourth-order valence-corrected chi connectivity index (χ4v) is 12.0. The molecule has 0 heterocycles. The topological polar surface area (TPSA) is 20.2 Å². The van der Waals surface area contributed by atoms with E-state index in [-0.39, 0.29) is 17.4 Å². The Morgan fingerprint density at radius 1 is 0.622 bits per heavy atom. The zero-order chi connectivity index (χ0) is 25.7. The number of benzene rings is 4. The van der Waals surface area contributed by atoms with Gasteiger partial charge in [0.05, 0.1) is 0 Å². The largest absolute Gasteiger partial charge is 0.396 e. The molecule has 5 rings (SSSR count). The van der Waals surface area contributed by atoms with Gasteiger partial charge in [0.15, 0.2) is 0 Å². The molecule has 3 heteroatoms. The van der Waals surface area contributed by atoms with Crippen LogP contribution >= 0.6 is 15.8 Å². The molecular formula is C34H38OP2. The van der Waals surface area contributed by atoms with Crippen LogP contribution in [0.15, 0.2) is 121 Å². The lowest BCUT2D eigenvalue weighted by Crippen LogP contribution is -2.44. The second-order valence-electron chi connectivity index (χ2n) is 10.9. The zero-order valence-electron chi connectivity index (χ0n) is 22.0. The van der Waals surface area contributed by atoms with E-state index >= 15 is 0 Å². The standard InChI is InChI=1S/C34H38OP2/c1-33(26-35)24-23-28(25-36(29-15-7-3-8-16-29)30-17-9-4-10-18-30)34(33,2)27-37(31-19-11-5-12-20-31)32-21-13-6-14-22-32/h3-22,28,35H,23-27H2,1-2H3/t28?,33-,34+/m0/s1. The molecule has 0 spiro atoms. The number of hydrogen-bond acceptors (Lipinski definition) is 1. The molecule has 1 unspecified atom stereocenters. The van der Waals surface area contributed by atoms with Crippen LogP contribution in [0.2, 0.25) is 0 Å². The van der Waals surface area contributed by atoms with Crippen molar-refractivity contribution in [1.82, 2.24) is 0 Å². The lowest BCUT2D eigenvalue weighted by Gasteiger charge is -2.47. The van der Waals surface area contributed by atoms with Gasteiger partial charge in [0.1, 0.15) is 0 Å². The minimum Gasteiger partial charge on any atom is -0.396 e. The van der Waals surface area contributed by atoms with Crippen LogP contribution in [0.1, 0.15) is 26.7 Å². The van der Waals surface area contributed by atoms with Crippen LogP contribution < -0.4 is 21.2 Å². The van der Waals surface area contributed by atoms with Gasteiger partial charge < -0.3 is 5.11 Å². The van der Waals surface area contributed by atoms with Crippen molar-refractivity contribution in [3.05, 3.63) is 121 Å². The molecule has 0 bridgehead atoms. The molecule has 0 saturated heterocycles. The van der Waals surface area contributed by atoms with Crippen LogP contribution in [-0.2, 0) is 0 Å². The van der Waals surface area contributed by atoms with Crippen LogP contribution in [0, 0.1) is 16.7 Å². The Hall–Kier alpha value is -2.30. The Morgan fingerprint density at radius 3 is 1.38 bits per heavy atom. The first-order valence-corrected chi connectivity index (χ1v) is 16.5. The molecule has 1 fully saturated rings. The summed E-state index contributed by atoms with van der Waals surface area (Å²) < 4.78 is 0. The summed E-state index contributed by atoms with van der Waals surface area (Å²) in [5.41, 5.74) is -0.0561. The number of aliphatic hydroxyl groups excluding tert-OH is 1. The van der Waals surface area contributed by atoms with Crippen molar-refractivity contribution in [2.24, 2.45) is 16.7 Å². The minimum absolute atomic E-state index is 0.0310. The summed E-state index contributed by atoms with van der Waals surface area (Å²) in [4.78, 5) is 0. The van der Waals surface area contributed by atoms with Gasteiger partial charge in [0.2, 0.25) is 0 Å². The van der Waals surface area contributed by atoms with E-state index in [1.165, 1.54) is 33.8 Å². The van der Waals surface area contributed by atoms with E-state index in [1.807, 2.05) is 0 Å². The molecule has 1 nitrogen and oxygen atoms in total. The highest BCUT2D eigenvalue weighted by molar-refractivity contribution is 7.73. The van der Waals surface area contributed by atoms with Crippen molar-refractivity contribution >= 4 is 37.1 Å². The summed E-state index contributed by atoms with van der Waals surface area (Å²) in [5, 5.41) is 16.6. The predicted octanol–water partition coefficient (Wildman–Crippen LogP) is 6.67. The fourth-order valence-electron chi connectivity index (χ4n) is 6.13.